The molecule has 0 spiro atoms. The van der Waals surface area contributed by atoms with Crippen molar-refractivity contribution >= 4 is 5.97 Å². The summed E-state index contributed by atoms with van der Waals surface area (Å²) in [6.45, 7) is 1.17. The van der Waals surface area contributed by atoms with Gasteiger partial charge in [-0.25, -0.2) is 0 Å². The fourth-order valence-corrected chi connectivity index (χ4v) is 3.00. The number of aromatic hydroxyl groups is 1. The Labute approximate surface area is 124 Å². The van der Waals surface area contributed by atoms with Crippen molar-refractivity contribution in [2.24, 2.45) is 11.8 Å². The van der Waals surface area contributed by atoms with Crippen molar-refractivity contribution in [2.75, 3.05) is 13.7 Å². The topological polar surface area (TPSA) is 78.8 Å². The van der Waals surface area contributed by atoms with Crippen molar-refractivity contribution in [1.82, 2.24) is 5.32 Å². The van der Waals surface area contributed by atoms with Crippen LogP contribution in [0.1, 0.15) is 31.2 Å². The first-order chi connectivity index (χ1) is 10.1. The molecular formula is C16H23NO4. The third-order valence-electron chi connectivity index (χ3n) is 4.23. The van der Waals surface area contributed by atoms with E-state index in [1.807, 2.05) is 0 Å². The normalized spacial score (nSPS) is 22.0. The number of phenolic OH excluding ortho intramolecular Hbond substituents is 1. The van der Waals surface area contributed by atoms with E-state index in [1.165, 1.54) is 0 Å². The van der Waals surface area contributed by atoms with Crippen LogP contribution in [0.5, 0.6) is 11.5 Å². The van der Waals surface area contributed by atoms with Crippen LogP contribution < -0.4 is 10.1 Å². The van der Waals surface area contributed by atoms with Crippen LogP contribution in [0.2, 0.25) is 0 Å². The van der Waals surface area contributed by atoms with Gasteiger partial charge in [0, 0.05) is 12.1 Å². The first-order valence-electron chi connectivity index (χ1n) is 7.41. The van der Waals surface area contributed by atoms with Crippen LogP contribution in [0.15, 0.2) is 18.2 Å². The van der Waals surface area contributed by atoms with E-state index >= 15 is 0 Å². The largest absolute Gasteiger partial charge is 0.508 e. The Morgan fingerprint density at radius 3 is 2.86 bits per heavy atom. The summed E-state index contributed by atoms with van der Waals surface area (Å²) >= 11 is 0. The maximum absolute atomic E-state index is 11.3. The summed E-state index contributed by atoms with van der Waals surface area (Å²) < 4.78 is 5.14. The number of carboxylic acid groups (broad SMARTS) is 1. The van der Waals surface area contributed by atoms with Gasteiger partial charge in [-0.2, -0.15) is 0 Å². The minimum absolute atomic E-state index is 0.170. The van der Waals surface area contributed by atoms with Crippen molar-refractivity contribution < 1.29 is 19.7 Å². The predicted molar refractivity (Wildman–Crippen MR) is 79.4 cm³/mol. The number of methoxy groups -OCH3 is 1. The molecule has 1 aliphatic carbocycles. The molecule has 3 N–H and O–H groups in total. The number of rotatable bonds is 6. The van der Waals surface area contributed by atoms with Gasteiger partial charge < -0.3 is 20.3 Å². The maximum Gasteiger partial charge on any atom is 0.306 e. The molecular weight excluding hydrogens is 270 g/mol. The van der Waals surface area contributed by atoms with Gasteiger partial charge in [0.25, 0.3) is 0 Å². The second-order valence-electron chi connectivity index (χ2n) is 5.61. The highest BCUT2D eigenvalue weighted by Gasteiger charge is 2.30. The van der Waals surface area contributed by atoms with E-state index in [0.29, 0.717) is 18.8 Å². The predicted octanol–water partition coefficient (Wildman–Crippen LogP) is 2.38. The van der Waals surface area contributed by atoms with E-state index in [1.54, 1.807) is 25.3 Å². The molecule has 0 heterocycles. The van der Waals surface area contributed by atoms with Gasteiger partial charge in [0.1, 0.15) is 11.5 Å². The van der Waals surface area contributed by atoms with E-state index in [0.717, 1.165) is 31.2 Å². The third kappa shape index (κ3) is 4.11. The molecule has 0 saturated heterocycles. The lowest BCUT2D eigenvalue weighted by molar-refractivity contribution is -0.144. The van der Waals surface area contributed by atoms with Crippen LogP contribution in [0.3, 0.4) is 0 Å². The monoisotopic (exact) mass is 293 g/mol. The highest BCUT2D eigenvalue weighted by molar-refractivity contribution is 5.70. The number of ether oxygens (including phenoxy) is 1. The average molecular weight is 293 g/mol. The Bertz CT molecular complexity index is 489. The maximum atomic E-state index is 11.3. The Hall–Kier alpha value is -1.75. The van der Waals surface area contributed by atoms with E-state index in [2.05, 4.69) is 5.32 Å². The zero-order valence-electron chi connectivity index (χ0n) is 12.3. The van der Waals surface area contributed by atoms with Crippen LogP contribution in [0.4, 0.5) is 0 Å². The van der Waals surface area contributed by atoms with E-state index < -0.39 is 5.97 Å². The van der Waals surface area contributed by atoms with Crippen LogP contribution in [-0.4, -0.2) is 29.8 Å². The molecule has 2 atom stereocenters. The average Bonchev–Trinajstić information content (AvgIpc) is 2.49. The Balaban J connectivity index is 1.90. The summed E-state index contributed by atoms with van der Waals surface area (Å²) in [6.07, 6.45) is 3.82. The minimum atomic E-state index is -0.689. The number of carbonyl (C=O) groups is 1. The SMILES string of the molecule is COc1ccc(O)c(CNCC2CCCCC2C(=O)O)c1. The highest BCUT2D eigenvalue weighted by Crippen LogP contribution is 2.30. The fourth-order valence-electron chi connectivity index (χ4n) is 3.00. The van der Waals surface area contributed by atoms with Gasteiger partial charge in [0.15, 0.2) is 0 Å². The summed E-state index contributed by atoms with van der Waals surface area (Å²) in [4.78, 5) is 11.3. The molecule has 21 heavy (non-hydrogen) atoms. The van der Waals surface area contributed by atoms with Gasteiger partial charge in [-0.15, -0.1) is 0 Å². The molecule has 116 valence electrons. The quantitative estimate of drug-likeness (QED) is 0.750. The smallest absolute Gasteiger partial charge is 0.306 e. The summed E-state index contributed by atoms with van der Waals surface area (Å²) in [6, 6.07) is 5.11. The molecule has 1 fully saturated rings. The number of aliphatic carboxylic acids is 1. The zero-order chi connectivity index (χ0) is 15.2. The van der Waals surface area contributed by atoms with Gasteiger partial charge in [0.2, 0.25) is 0 Å². The van der Waals surface area contributed by atoms with Crippen LogP contribution >= 0.6 is 0 Å². The summed E-state index contributed by atoms with van der Waals surface area (Å²) in [7, 11) is 1.59. The molecule has 5 nitrogen and oxygen atoms in total. The number of hydrogen-bond acceptors (Lipinski definition) is 4. The second-order valence-corrected chi connectivity index (χ2v) is 5.61. The summed E-state index contributed by atoms with van der Waals surface area (Å²) in [5.74, 6) is 0.160. The van der Waals surface area contributed by atoms with Crippen LogP contribution in [0.25, 0.3) is 0 Å². The van der Waals surface area contributed by atoms with Gasteiger partial charge in [-0.3, -0.25) is 4.79 Å². The molecule has 1 saturated carbocycles. The van der Waals surface area contributed by atoms with Crippen molar-refractivity contribution in [2.45, 2.75) is 32.2 Å². The lowest BCUT2D eigenvalue weighted by atomic mass is 9.79. The van der Waals surface area contributed by atoms with E-state index in [4.69, 9.17) is 4.74 Å². The number of carboxylic acids is 1. The zero-order valence-corrected chi connectivity index (χ0v) is 12.3. The molecule has 0 bridgehead atoms. The second kappa shape index (κ2) is 7.31. The van der Waals surface area contributed by atoms with Crippen molar-refractivity contribution in [3.63, 3.8) is 0 Å². The number of hydrogen-bond donors (Lipinski definition) is 3. The van der Waals surface area contributed by atoms with E-state index in [-0.39, 0.29) is 17.6 Å². The first-order valence-corrected chi connectivity index (χ1v) is 7.41. The van der Waals surface area contributed by atoms with Crippen molar-refractivity contribution in [3.8, 4) is 11.5 Å². The molecule has 0 radical (unpaired) electrons. The number of phenols is 1. The first kappa shape index (κ1) is 15.6. The molecule has 0 aromatic heterocycles. The third-order valence-corrected chi connectivity index (χ3v) is 4.23. The Morgan fingerprint density at radius 2 is 2.14 bits per heavy atom. The minimum Gasteiger partial charge on any atom is -0.508 e. The Kier molecular flexibility index (Phi) is 5.44. The fraction of sp³-hybridized carbons (Fsp3) is 0.562. The van der Waals surface area contributed by atoms with Crippen LogP contribution in [0, 0.1) is 11.8 Å². The number of benzene rings is 1. The molecule has 2 unspecified atom stereocenters. The van der Waals surface area contributed by atoms with Gasteiger partial charge in [-0.1, -0.05) is 12.8 Å². The molecule has 1 aromatic carbocycles. The molecule has 1 aromatic rings. The number of nitrogens with one attached hydrogen (secondary N) is 1. The van der Waals surface area contributed by atoms with Gasteiger partial charge in [0.05, 0.1) is 13.0 Å². The summed E-state index contributed by atoms with van der Waals surface area (Å²) in [5.41, 5.74) is 0.761. The standard InChI is InChI=1S/C16H23NO4/c1-21-13-6-7-15(18)12(8-13)10-17-9-11-4-2-3-5-14(11)16(19)20/h6-8,11,14,17-18H,2-5,9-10H2,1H3,(H,19,20). The lowest BCUT2D eigenvalue weighted by Gasteiger charge is -2.28. The molecule has 5 heteroatoms. The Morgan fingerprint density at radius 1 is 1.38 bits per heavy atom. The van der Waals surface area contributed by atoms with Gasteiger partial charge in [-0.05, 0) is 43.5 Å². The van der Waals surface area contributed by atoms with Crippen molar-refractivity contribution in [1.29, 1.82) is 0 Å². The highest BCUT2D eigenvalue weighted by atomic mass is 16.5. The van der Waals surface area contributed by atoms with Crippen molar-refractivity contribution in [3.05, 3.63) is 23.8 Å². The van der Waals surface area contributed by atoms with Gasteiger partial charge >= 0.3 is 5.97 Å². The van der Waals surface area contributed by atoms with E-state index in [9.17, 15) is 15.0 Å². The summed E-state index contributed by atoms with van der Waals surface area (Å²) in [5, 5.41) is 22.3. The van der Waals surface area contributed by atoms with Crippen LogP contribution in [-0.2, 0) is 11.3 Å². The lowest BCUT2D eigenvalue weighted by Crippen LogP contribution is -2.34. The molecule has 1 aliphatic rings. The molecule has 2 rings (SSSR count). The molecule has 0 aliphatic heterocycles. The molecule has 0 amide bonds.